The van der Waals surface area contributed by atoms with Crippen LogP contribution in [0.3, 0.4) is 0 Å². The fraction of sp³-hybridized carbons (Fsp3) is 0.655. The molecule has 6 atom stereocenters. The summed E-state index contributed by atoms with van der Waals surface area (Å²) < 4.78 is 10.9. The standard InChI is InChI=1S/C29H39NO3/c1-4-5-17-32-27(31)33-22-12-14-28(2)21(18-22)8-9-23-25-11-10-24(20-7-6-16-30-19-20)29(25,3)15-13-26(23)28/h6-8,10,16,19,22-23,25-26H,4-5,9,11-15,17-18H2,1-3H3. The number of unbranched alkanes of at least 4 members (excludes halogenated alkanes) is 1. The Morgan fingerprint density at radius 3 is 2.76 bits per heavy atom. The maximum Gasteiger partial charge on any atom is 0.508 e. The van der Waals surface area contributed by atoms with Crippen molar-refractivity contribution in [1.29, 1.82) is 0 Å². The van der Waals surface area contributed by atoms with E-state index in [9.17, 15) is 4.79 Å². The molecule has 33 heavy (non-hydrogen) atoms. The Bertz CT molecular complexity index is 937. The summed E-state index contributed by atoms with van der Waals surface area (Å²) in [6.45, 7) is 7.56. The summed E-state index contributed by atoms with van der Waals surface area (Å²) in [6, 6.07) is 4.29. The Morgan fingerprint density at radius 2 is 1.97 bits per heavy atom. The van der Waals surface area contributed by atoms with E-state index >= 15 is 0 Å². The van der Waals surface area contributed by atoms with E-state index in [1.807, 2.05) is 12.4 Å². The molecule has 0 amide bonds. The molecule has 0 aromatic carbocycles. The molecule has 1 heterocycles. The highest BCUT2D eigenvalue weighted by molar-refractivity contribution is 5.72. The van der Waals surface area contributed by atoms with Gasteiger partial charge in [-0.1, -0.05) is 51.0 Å². The molecule has 0 N–H and O–H groups in total. The van der Waals surface area contributed by atoms with E-state index in [0.717, 1.165) is 50.4 Å². The minimum Gasteiger partial charge on any atom is -0.434 e. The van der Waals surface area contributed by atoms with Gasteiger partial charge in [0.05, 0.1) is 6.61 Å². The van der Waals surface area contributed by atoms with Gasteiger partial charge in [0.2, 0.25) is 0 Å². The fourth-order valence-electron chi connectivity index (χ4n) is 7.74. The SMILES string of the molecule is CCCCOC(=O)OC1CCC2(C)C(=CCC3C2CCC2(C)C(c4cccnc4)=CCC32)C1. The highest BCUT2D eigenvalue weighted by atomic mass is 16.7. The van der Waals surface area contributed by atoms with Crippen molar-refractivity contribution in [1.82, 2.24) is 4.98 Å². The zero-order valence-electron chi connectivity index (χ0n) is 20.5. The average molecular weight is 450 g/mol. The molecule has 4 heteroatoms. The third-order valence-electron chi connectivity index (χ3n) is 9.59. The first-order valence-corrected chi connectivity index (χ1v) is 13.1. The summed E-state index contributed by atoms with van der Waals surface area (Å²) in [6.07, 6.45) is 18.2. The molecule has 0 aliphatic heterocycles. The van der Waals surface area contributed by atoms with Crippen LogP contribution < -0.4 is 0 Å². The van der Waals surface area contributed by atoms with Gasteiger partial charge in [-0.05, 0) is 90.7 Å². The van der Waals surface area contributed by atoms with Crippen LogP contribution in [0, 0.1) is 28.6 Å². The van der Waals surface area contributed by atoms with Gasteiger partial charge in [-0.2, -0.15) is 0 Å². The molecule has 0 bridgehead atoms. The van der Waals surface area contributed by atoms with Crippen LogP contribution >= 0.6 is 0 Å². The number of nitrogens with zero attached hydrogens (tertiary/aromatic N) is 1. The maximum atomic E-state index is 12.1. The molecule has 4 nitrogen and oxygen atoms in total. The van der Waals surface area contributed by atoms with Crippen molar-refractivity contribution in [3.05, 3.63) is 47.8 Å². The minimum atomic E-state index is -0.486. The second-order valence-corrected chi connectivity index (χ2v) is 11.2. The molecule has 1 aromatic rings. The van der Waals surface area contributed by atoms with Crippen molar-refractivity contribution in [3.8, 4) is 0 Å². The molecular formula is C29H39NO3. The predicted octanol–water partition coefficient (Wildman–Crippen LogP) is 7.36. The third kappa shape index (κ3) is 3.94. The molecule has 4 aliphatic rings. The number of ether oxygens (including phenoxy) is 2. The van der Waals surface area contributed by atoms with Crippen LogP contribution in [0.1, 0.15) is 84.1 Å². The molecular weight excluding hydrogens is 410 g/mol. The van der Waals surface area contributed by atoms with Gasteiger partial charge in [0.15, 0.2) is 0 Å². The van der Waals surface area contributed by atoms with Crippen molar-refractivity contribution >= 4 is 11.7 Å². The summed E-state index contributed by atoms with van der Waals surface area (Å²) in [5.74, 6) is 2.18. The van der Waals surface area contributed by atoms with Gasteiger partial charge in [0, 0.05) is 18.8 Å². The number of aromatic nitrogens is 1. The topological polar surface area (TPSA) is 48.4 Å². The first kappa shape index (κ1) is 22.7. The predicted molar refractivity (Wildman–Crippen MR) is 130 cm³/mol. The summed E-state index contributed by atoms with van der Waals surface area (Å²) >= 11 is 0. The van der Waals surface area contributed by atoms with Crippen molar-refractivity contribution in [2.24, 2.45) is 28.6 Å². The number of allylic oxidation sites excluding steroid dienone is 3. The molecule has 2 saturated carbocycles. The second-order valence-electron chi connectivity index (χ2n) is 11.2. The lowest BCUT2D eigenvalue weighted by molar-refractivity contribution is -0.0360. The smallest absolute Gasteiger partial charge is 0.434 e. The van der Waals surface area contributed by atoms with Crippen LogP contribution in [0.15, 0.2) is 42.3 Å². The number of hydrogen-bond donors (Lipinski definition) is 0. The van der Waals surface area contributed by atoms with Crippen molar-refractivity contribution < 1.29 is 14.3 Å². The highest BCUT2D eigenvalue weighted by Crippen LogP contribution is 2.66. The first-order valence-electron chi connectivity index (χ1n) is 13.1. The van der Waals surface area contributed by atoms with Gasteiger partial charge >= 0.3 is 6.16 Å². The zero-order chi connectivity index (χ0) is 23.1. The molecule has 0 radical (unpaired) electrons. The summed E-state index contributed by atoms with van der Waals surface area (Å²) in [4.78, 5) is 16.5. The van der Waals surface area contributed by atoms with Gasteiger partial charge in [0.25, 0.3) is 0 Å². The number of hydrogen-bond acceptors (Lipinski definition) is 4. The van der Waals surface area contributed by atoms with Crippen LogP contribution in [-0.4, -0.2) is 23.9 Å². The molecule has 0 spiro atoms. The Balaban J connectivity index is 1.29. The Hall–Kier alpha value is -2.10. The summed E-state index contributed by atoms with van der Waals surface area (Å²) in [7, 11) is 0. The van der Waals surface area contributed by atoms with Crippen LogP contribution in [0.5, 0.6) is 0 Å². The van der Waals surface area contributed by atoms with Gasteiger partial charge < -0.3 is 9.47 Å². The largest absolute Gasteiger partial charge is 0.508 e. The molecule has 6 unspecified atom stereocenters. The lowest BCUT2D eigenvalue weighted by Crippen LogP contribution is -2.50. The van der Waals surface area contributed by atoms with E-state index in [1.165, 1.54) is 36.0 Å². The normalized spacial score (nSPS) is 37.2. The van der Waals surface area contributed by atoms with Crippen LogP contribution in [0.25, 0.3) is 5.57 Å². The van der Waals surface area contributed by atoms with E-state index < -0.39 is 6.16 Å². The van der Waals surface area contributed by atoms with Crippen LogP contribution in [0.4, 0.5) is 4.79 Å². The lowest BCUT2D eigenvalue weighted by Gasteiger charge is -2.57. The van der Waals surface area contributed by atoms with E-state index in [1.54, 1.807) is 0 Å². The summed E-state index contributed by atoms with van der Waals surface area (Å²) in [5.41, 5.74) is 4.87. The van der Waals surface area contributed by atoms with Crippen molar-refractivity contribution in [3.63, 3.8) is 0 Å². The third-order valence-corrected chi connectivity index (χ3v) is 9.59. The highest BCUT2D eigenvalue weighted by Gasteiger charge is 2.57. The molecule has 1 aromatic heterocycles. The zero-order valence-corrected chi connectivity index (χ0v) is 20.5. The monoisotopic (exact) mass is 449 g/mol. The maximum absolute atomic E-state index is 12.1. The summed E-state index contributed by atoms with van der Waals surface area (Å²) in [5, 5.41) is 0. The number of fused-ring (bicyclic) bond motifs is 5. The quantitative estimate of drug-likeness (QED) is 0.268. The minimum absolute atomic E-state index is 0.0332. The molecule has 5 rings (SSSR count). The first-order chi connectivity index (χ1) is 16.0. The van der Waals surface area contributed by atoms with Crippen LogP contribution in [-0.2, 0) is 9.47 Å². The molecule has 2 fully saturated rings. The number of carbonyl (C=O) groups is 1. The Labute approximate surface area is 198 Å². The Morgan fingerprint density at radius 1 is 1.12 bits per heavy atom. The van der Waals surface area contributed by atoms with Gasteiger partial charge in [0.1, 0.15) is 6.10 Å². The molecule has 0 saturated heterocycles. The Kier molecular flexibility index (Phi) is 6.13. The second kappa shape index (κ2) is 8.92. The van der Waals surface area contributed by atoms with Crippen LogP contribution in [0.2, 0.25) is 0 Å². The fourth-order valence-corrected chi connectivity index (χ4v) is 7.74. The van der Waals surface area contributed by atoms with Gasteiger partial charge in [-0.3, -0.25) is 4.98 Å². The van der Waals surface area contributed by atoms with Gasteiger partial charge in [-0.25, -0.2) is 4.79 Å². The molecule has 4 aliphatic carbocycles. The van der Waals surface area contributed by atoms with E-state index in [4.69, 9.17) is 9.47 Å². The molecule has 178 valence electrons. The number of rotatable bonds is 5. The lowest BCUT2D eigenvalue weighted by atomic mass is 9.47. The van der Waals surface area contributed by atoms with Crippen molar-refractivity contribution in [2.45, 2.75) is 84.7 Å². The number of carbonyl (C=O) groups excluding carboxylic acids is 1. The van der Waals surface area contributed by atoms with E-state index in [-0.39, 0.29) is 16.9 Å². The van der Waals surface area contributed by atoms with Gasteiger partial charge in [-0.15, -0.1) is 0 Å². The van der Waals surface area contributed by atoms with Crippen molar-refractivity contribution in [2.75, 3.05) is 6.61 Å². The average Bonchev–Trinajstić information content (AvgIpc) is 3.17. The van der Waals surface area contributed by atoms with E-state index in [0.29, 0.717) is 12.5 Å². The van der Waals surface area contributed by atoms with E-state index in [2.05, 4.69) is 50.0 Å². The number of pyridine rings is 1.